The van der Waals surface area contributed by atoms with Gasteiger partial charge < -0.3 is 15.1 Å². The van der Waals surface area contributed by atoms with Crippen molar-refractivity contribution in [1.82, 2.24) is 0 Å². The van der Waals surface area contributed by atoms with Crippen molar-refractivity contribution in [2.45, 2.75) is 12.5 Å². The molecule has 3 nitrogen and oxygen atoms in total. The summed E-state index contributed by atoms with van der Waals surface area (Å²) in [6, 6.07) is 8.93. The third-order valence-corrected chi connectivity index (χ3v) is 3.52. The fourth-order valence-electron chi connectivity index (χ4n) is 2.29. The third kappa shape index (κ3) is 2.30. The molecule has 0 saturated carbocycles. The molecule has 1 aromatic carbocycles. The van der Waals surface area contributed by atoms with Crippen molar-refractivity contribution in [2.24, 2.45) is 0 Å². The predicted molar refractivity (Wildman–Crippen MR) is 69.5 cm³/mol. The van der Waals surface area contributed by atoms with E-state index in [2.05, 4.69) is 38.2 Å². The van der Waals surface area contributed by atoms with Crippen LogP contribution in [0.4, 0.5) is 11.4 Å². The molecule has 1 heterocycles. The summed E-state index contributed by atoms with van der Waals surface area (Å²) >= 11 is 0. The zero-order valence-corrected chi connectivity index (χ0v) is 10.5. The fraction of sp³-hybridized carbons (Fsp3) is 0.538. The molecule has 0 spiro atoms. The average molecular weight is 220 g/mol. The van der Waals surface area contributed by atoms with Crippen LogP contribution >= 0.6 is 0 Å². The minimum absolute atomic E-state index is 0.734. The molecule has 1 fully saturated rings. The van der Waals surface area contributed by atoms with E-state index in [1.165, 1.54) is 12.1 Å². The predicted octanol–water partition coefficient (Wildman–Crippen LogP) is 1.55. The third-order valence-electron chi connectivity index (χ3n) is 3.52. The minimum atomic E-state index is 0.734. The van der Waals surface area contributed by atoms with Gasteiger partial charge in [0.05, 0.1) is 27.7 Å². The highest BCUT2D eigenvalue weighted by Gasteiger charge is 2.32. The van der Waals surface area contributed by atoms with Gasteiger partial charge in [0.2, 0.25) is 0 Å². The van der Waals surface area contributed by atoms with Crippen LogP contribution in [-0.4, -0.2) is 44.8 Å². The van der Waals surface area contributed by atoms with E-state index in [0.717, 1.165) is 29.3 Å². The van der Waals surface area contributed by atoms with E-state index in [-0.39, 0.29) is 0 Å². The molecule has 1 aromatic rings. The monoisotopic (exact) mass is 220 g/mol. The van der Waals surface area contributed by atoms with Crippen molar-refractivity contribution < 1.29 is 4.48 Å². The molecule has 1 saturated heterocycles. The second kappa shape index (κ2) is 3.98. The Balaban J connectivity index is 2.06. The summed E-state index contributed by atoms with van der Waals surface area (Å²) < 4.78 is 1.05. The number of likely N-dealkylation sites (N-methyl/N-ethyl adjacent to an activating group) is 1. The molecule has 88 valence electrons. The molecule has 0 unspecified atom stereocenters. The standard InChI is InChI=1S/C13H22N3/c1-16(2,3)13-8-9-15(10-13)12-6-4-11(14)5-7-12/h4-7,13H,8-10,14H2,1-3H3/q+1/t13-/m1/s1. The molecule has 3 heteroatoms. The first-order chi connectivity index (χ1) is 7.47. The summed E-state index contributed by atoms with van der Waals surface area (Å²) in [5.41, 5.74) is 7.84. The van der Waals surface area contributed by atoms with E-state index < -0.39 is 0 Å². The van der Waals surface area contributed by atoms with Crippen LogP contribution in [0.3, 0.4) is 0 Å². The molecule has 2 N–H and O–H groups in total. The first kappa shape index (κ1) is 11.3. The second-order valence-corrected chi connectivity index (χ2v) is 5.60. The number of nitrogen functional groups attached to an aromatic ring is 1. The molecule has 0 aliphatic carbocycles. The zero-order valence-electron chi connectivity index (χ0n) is 10.5. The van der Waals surface area contributed by atoms with E-state index >= 15 is 0 Å². The zero-order chi connectivity index (χ0) is 11.8. The molecule has 0 radical (unpaired) electrons. The molecular weight excluding hydrogens is 198 g/mol. The number of hydrogen-bond acceptors (Lipinski definition) is 2. The smallest absolute Gasteiger partial charge is 0.108 e. The summed E-state index contributed by atoms with van der Waals surface area (Å²) in [4.78, 5) is 2.45. The highest BCUT2D eigenvalue weighted by Crippen LogP contribution is 2.24. The molecule has 0 aromatic heterocycles. The Hall–Kier alpha value is -1.22. The average Bonchev–Trinajstić information content (AvgIpc) is 2.67. The van der Waals surface area contributed by atoms with Crippen LogP contribution in [0.25, 0.3) is 0 Å². The lowest BCUT2D eigenvalue weighted by Crippen LogP contribution is -2.46. The lowest BCUT2D eigenvalue weighted by molar-refractivity contribution is -0.893. The van der Waals surface area contributed by atoms with Crippen LogP contribution in [0.1, 0.15) is 6.42 Å². The first-order valence-corrected chi connectivity index (χ1v) is 5.88. The van der Waals surface area contributed by atoms with Gasteiger partial charge in [-0.05, 0) is 24.3 Å². The SMILES string of the molecule is C[N+](C)(C)[C@@H]1CCN(c2ccc(N)cc2)C1. The maximum atomic E-state index is 5.70. The summed E-state index contributed by atoms with van der Waals surface area (Å²) in [6.07, 6.45) is 1.27. The number of benzene rings is 1. The molecule has 1 aliphatic heterocycles. The van der Waals surface area contributed by atoms with Gasteiger partial charge in [0.15, 0.2) is 0 Å². The van der Waals surface area contributed by atoms with E-state index in [1.807, 2.05) is 12.1 Å². The van der Waals surface area contributed by atoms with E-state index in [0.29, 0.717) is 0 Å². The number of nitrogens with two attached hydrogens (primary N) is 1. The molecule has 16 heavy (non-hydrogen) atoms. The lowest BCUT2D eigenvalue weighted by Gasteiger charge is -2.31. The molecule has 1 atom stereocenters. The highest BCUT2D eigenvalue weighted by molar-refractivity contribution is 5.53. The summed E-state index contributed by atoms with van der Waals surface area (Å²) in [5.74, 6) is 0. The molecular formula is C13H22N3+. The minimum Gasteiger partial charge on any atom is -0.399 e. The van der Waals surface area contributed by atoms with Crippen LogP contribution in [0.15, 0.2) is 24.3 Å². The van der Waals surface area contributed by atoms with Gasteiger partial charge in [0.25, 0.3) is 0 Å². The molecule has 1 aliphatic rings. The van der Waals surface area contributed by atoms with Gasteiger partial charge in [0.1, 0.15) is 6.04 Å². The van der Waals surface area contributed by atoms with Crippen LogP contribution in [0.2, 0.25) is 0 Å². The number of rotatable bonds is 2. The van der Waals surface area contributed by atoms with Crippen molar-refractivity contribution in [2.75, 3.05) is 44.9 Å². The van der Waals surface area contributed by atoms with E-state index in [1.54, 1.807) is 0 Å². The van der Waals surface area contributed by atoms with Crippen molar-refractivity contribution in [1.29, 1.82) is 0 Å². The number of hydrogen-bond donors (Lipinski definition) is 1. The van der Waals surface area contributed by atoms with Crippen molar-refractivity contribution in [3.63, 3.8) is 0 Å². The number of nitrogens with zero attached hydrogens (tertiary/aromatic N) is 2. The Labute approximate surface area is 98.0 Å². The Bertz CT molecular complexity index is 350. The van der Waals surface area contributed by atoms with Crippen LogP contribution in [0.5, 0.6) is 0 Å². The maximum absolute atomic E-state index is 5.70. The Morgan fingerprint density at radius 3 is 2.31 bits per heavy atom. The molecule has 0 bridgehead atoms. The van der Waals surface area contributed by atoms with Gasteiger partial charge in [-0.25, -0.2) is 0 Å². The fourth-order valence-corrected chi connectivity index (χ4v) is 2.29. The summed E-state index contributed by atoms with van der Waals surface area (Å²) in [6.45, 7) is 2.30. The number of quaternary nitrogens is 1. The van der Waals surface area contributed by atoms with Gasteiger partial charge in [-0.1, -0.05) is 0 Å². The lowest BCUT2D eigenvalue weighted by atomic mass is 10.2. The molecule has 2 rings (SSSR count). The Morgan fingerprint density at radius 2 is 1.81 bits per heavy atom. The van der Waals surface area contributed by atoms with Crippen LogP contribution in [-0.2, 0) is 0 Å². The van der Waals surface area contributed by atoms with Crippen molar-refractivity contribution in [3.05, 3.63) is 24.3 Å². The van der Waals surface area contributed by atoms with E-state index in [4.69, 9.17) is 5.73 Å². The van der Waals surface area contributed by atoms with Gasteiger partial charge >= 0.3 is 0 Å². The van der Waals surface area contributed by atoms with Crippen LogP contribution < -0.4 is 10.6 Å². The second-order valence-electron chi connectivity index (χ2n) is 5.60. The van der Waals surface area contributed by atoms with Crippen LogP contribution in [0, 0.1) is 0 Å². The van der Waals surface area contributed by atoms with Gasteiger partial charge in [0, 0.05) is 24.3 Å². The Morgan fingerprint density at radius 1 is 1.19 bits per heavy atom. The van der Waals surface area contributed by atoms with E-state index in [9.17, 15) is 0 Å². The summed E-state index contributed by atoms with van der Waals surface area (Å²) in [5, 5.41) is 0. The van der Waals surface area contributed by atoms with Crippen molar-refractivity contribution >= 4 is 11.4 Å². The normalized spacial score (nSPS) is 21.4. The van der Waals surface area contributed by atoms with Crippen molar-refractivity contribution in [3.8, 4) is 0 Å². The first-order valence-electron chi connectivity index (χ1n) is 5.88. The summed E-state index contributed by atoms with van der Waals surface area (Å²) in [7, 11) is 6.82. The Kier molecular flexibility index (Phi) is 2.80. The van der Waals surface area contributed by atoms with Gasteiger partial charge in [-0.2, -0.15) is 0 Å². The molecule has 0 amide bonds. The topological polar surface area (TPSA) is 29.3 Å². The van der Waals surface area contributed by atoms with Gasteiger partial charge in [-0.3, -0.25) is 0 Å². The highest BCUT2D eigenvalue weighted by atomic mass is 15.4. The largest absolute Gasteiger partial charge is 0.399 e. The van der Waals surface area contributed by atoms with Gasteiger partial charge in [-0.15, -0.1) is 0 Å². The maximum Gasteiger partial charge on any atom is 0.108 e. The quantitative estimate of drug-likeness (QED) is 0.605. The number of anilines is 2.